The van der Waals surface area contributed by atoms with E-state index in [-0.39, 0.29) is 31.0 Å². The quantitative estimate of drug-likeness (QED) is 0.381. The van der Waals surface area contributed by atoms with Crippen LogP contribution in [0.25, 0.3) is 0 Å². The van der Waals surface area contributed by atoms with Gasteiger partial charge in [-0.15, -0.1) is 0 Å². The molecule has 40 heavy (non-hydrogen) atoms. The van der Waals surface area contributed by atoms with Crippen LogP contribution in [-0.4, -0.2) is 66.9 Å². The van der Waals surface area contributed by atoms with Gasteiger partial charge < -0.3 is 24.8 Å². The Kier molecular flexibility index (Phi) is 9.97. The van der Waals surface area contributed by atoms with Crippen LogP contribution in [0.3, 0.4) is 0 Å². The predicted octanol–water partition coefficient (Wildman–Crippen LogP) is 5.10. The van der Waals surface area contributed by atoms with Crippen LogP contribution in [0.15, 0.2) is 48.5 Å². The maximum Gasteiger partial charge on any atom is 0.430 e. The average Bonchev–Trinajstić information content (AvgIpc) is 3.45. The van der Waals surface area contributed by atoms with Crippen molar-refractivity contribution in [3.05, 3.63) is 64.7 Å². The standard InChI is InChI=1S/C29H34ClF3N2O5/c30-25-18-23(9-10-24(25)26(36)34-22-13-17-39-19-22)40-16-5-4-6-20-11-14-35(15-12-20)27(37)28(38,29(31,32)33)21-7-2-1-3-8-21/h1-3,7-10,18,20,22,38H,4-6,11-17,19H2,(H,34,36)/t22-,28+/m0/s1. The number of aliphatic hydroxyl groups is 1. The molecule has 218 valence electrons. The van der Waals surface area contributed by atoms with Gasteiger partial charge >= 0.3 is 6.18 Å². The number of nitrogens with zero attached hydrogens (tertiary/aromatic N) is 1. The molecule has 11 heteroatoms. The first-order chi connectivity index (χ1) is 19.1. The second-order valence-electron chi connectivity index (χ2n) is 10.3. The fraction of sp³-hybridized carbons (Fsp3) is 0.517. The van der Waals surface area contributed by atoms with Crippen LogP contribution in [0.5, 0.6) is 5.75 Å². The van der Waals surface area contributed by atoms with Crippen molar-refractivity contribution in [2.45, 2.75) is 56.3 Å². The summed E-state index contributed by atoms with van der Waals surface area (Å²) in [5.74, 6) is -0.735. The average molecular weight is 583 g/mol. The highest BCUT2D eigenvalue weighted by Gasteiger charge is 2.62. The largest absolute Gasteiger partial charge is 0.494 e. The zero-order valence-corrected chi connectivity index (χ0v) is 22.8. The molecule has 2 aromatic carbocycles. The second-order valence-corrected chi connectivity index (χ2v) is 10.7. The molecular weight excluding hydrogens is 549 g/mol. The molecule has 0 bridgehead atoms. The number of nitrogens with one attached hydrogen (secondary N) is 1. The number of ether oxygens (including phenoxy) is 2. The molecule has 2 aromatic rings. The van der Waals surface area contributed by atoms with Gasteiger partial charge in [0.15, 0.2) is 0 Å². The summed E-state index contributed by atoms with van der Waals surface area (Å²) in [4.78, 5) is 26.4. The van der Waals surface area contributed by atoms with Gasteiger partial charge in [-0.2, -0.15) is 13.2 Å². The molecule has 0 unspecified atom stereocenters. The van der Waals surface area contributed by atoms with Crippen LogP contribution in [0.1, 0.15) is 54.4 Å². The van der Waals surface area contributed by atoms with Gasteiger partial charge in [-0.3, -0.25) is 9.59 Å². The third kappa shape index (κ3) is 7.08. The summed E-state index contributed by atoms with van der Waals surface area (Å²) in [5.41, 5.74) is -3.66. The molecule has 7 nitrogen and oxygen atoms in total. The third-order valence-corrected chi connectivity index (χ3v) is 7.85. The van der Waals surface area contributed by atoms with Crippen LogP contribution in [-0.2, 0) is 15.1 Å². The molecule has 2 N–H and O–H groups in total. The van der Waals surface area contributed by atoms with Gasteiger partial charge in [0.05, 0.1) is 29.8 Å². The summed E-state index contributed by atoms with van der Waals surface area (Å²) in [6.45, 7) is 1.91. The van der Waals surface area contributed by atoms with E-state index in [0.29, 0.717) is 49.0 Å². The van der Waals surface area contributed by atoms with E-state index in [1.807, 2.05) is 0 Å². The molecule has 2 heterocycles. The zero-order valence-electron chi connectivity index (χ0n) is 22.1. The van der Waals surface area contributed by atoms with Crippen molar-refractivity contribution in [3.8, 4) is 5.75 Å². The van der Waals surface area contributed by atoms with Crippen molar-refractivity contribution in [3.63, 3.8) is 0 Å². The first kappa shape index (κ1) is 30.1. The number of likely N-dealkylation sites (tertiary alicyclic amines) is 1. The fourth-order valence-corrected chi connectivity index (χ4v) is 5.40. The Balaban J connectivity index is 1.18. The van der Waals surface area contributed by atoms with Gasteiger partial charge in [0.2, 0.25) is 0 Å². The van der Waals surface area contributed by atoms with E-state index in [2.05, 4.69) is 5.32 Å². The summed E-state index contributed by atoms with van der Waals surface area (Å²) in [6.07, 6.45) is -0.738. The van der Waals surface area contributed by atoms with Crippen LogP contribution in [0.2, 0.25) is 5.02 Å². The number of halogens is 4. The van der Waals surface area contributed by atoms with Gasteiger partial charge in [0.25, 0.3) is 17.4 Å². The van der Waals surface area contributed by atoms with Gasteiger partial charge in [-0.1, -0.05) is 48.4 Å². The van der Waals surface area contributed by atoms with E-state index in [1.165, 1.54) is 18.2 Å². The molecule has 0 radical (unpaired) electrons. The van der Waals surface area contributed by atoms with Crippen molar-refractivity contribution < 1.29 is 37.3 Å². The minimum absolute atomic E-state index is 0.00960. The van der Waals surface area contributed by atoms with Crippen molar-refractivity contribution >= 4 is 23.4 Å². The van der Waals surface area contributed by atoms with E-state index >= 15 is 0 Å². The minimum atomic E-state index is -5.13. The lowest BCUT2D eigenvalue weighted by Gasteiger charge is -2.38. The lowest BCUT2D eigenvalue weighted by atomic mass is 9.88. The Bertz CT molecular complexity index is 1150. The summed E-state index contributed by atoms with van der Waals surface area (Å²) in [7, 11) is 0. The van der Waals surface area contributed by atoms with Gasteiger partial charge in [-0.25, -0.2) is 0 Å². The molecular formula is C29H34ClF3N2O5. The molecule has 0 spiro atoms. The Morgan fingerprint density at radius 1 is 1.07 bits per heavy atom. The molecule has 2 amide bonds. The summed E-state index contributed by atoms with van der Waals surface area (Å²) in [6, 6.07) is 11.4. The summed E-state index contributed by atoms with van der Waals surface area (Å²) < 4.78 is 52.6. The van der Waals surface area contributed by atoms with Crippen LogP contribution in [0.4, 0.5) is 13.2 Å². The topological polar surface area (TPSA) is 88.1 Å². The molecule has 0 aliphatic carbocycles. The van der Waals surface area contributed by atoms with Gasteiger partial charge in [-0.05, 0) is 56.2 Å². The highest BCUT2D eigenvalue weighted by Crippen LogP contribution is 2.41. The van der Waals surface area contributed by atoms with Gasteiger partial charge in [0, 0.05) is 25.3 Å². The number of carbonyl (C=O) groups is 2. The Labute approximate surface area is 236 Å². The van der Waals surface area contributed by atoms with E-state index in [0.717, 1.165) is 42.7 Å². The lowest BCUT2D eigenvalue weighted by Crippen LogP contribution is -2.57. The number of piperidine rings is 1. The molecule has 0 saturated carbocycles. The maximum atomic E-state index is 13.8. The Morgan fingerprint density at radius 2 is 1.80 bits per heavy atom. The Hall–Kier alpha value is -2.82. The van der Waals surface area contributed by atoms with Crippen molar-refractivity contribution in [2.75, 3.05) is 32.9 Å². The van der Waals surface area contributed by atoms with E-state index in [4.69, 9.17) is 21.1 Å². The molecule has 2 saturated heterocycles. The van der Waals surface area contributed by atoms with Crippen molar-refractivity contribution in [2.24, 2.45) is 5.92 Å². The number of hydrogen-bond donors (Lipinski definition) is 2. The lowest BCUT2D eigenvalue weighted by molar-refractivity contribution is -0.262. The summed E-state index contributed by atoms with van der Waals surface area (Å²) >= 11 is 6.30. The highest BCUT2D eigenvalue weighted by molar-refractivity contribution is 6.34. The van der Waals surface area contributed by atoms with E-state index in [1.54, 1.807) is 18.2 Å². The number of unbranched alkanes of at least 4 members (excludes halogenated alkanes) is 1. The fourth-order valence-electron chi connectivity index (χ4n) is 5.15. The van der Waals surface area contributed by atoms with Crippen molar-refractivity contribution in [1.29, 1.82) is 0 Å². The molecule has 2 atom stereocenters. The van der Waals surface area contributed by atoms with E-state index < -0.39 is 23.2 Å². The Morgan fingerprint density at radius 3 is 2.42 bits per heavy atom. The van der Waals surface area contributed by atoms with Crippen molar-refractivity contribution in [1.82, 2.24) is 10.2 Å². The molecule has 0 aromatic heterocycles. The third-order valence-electron chi connectivity index (χ3n) is 7.54. The van der Waals surface area contributed by atoms with Gasteiger partial charge in [0.1, 0.15) is 5.75 Å². The SMILES string of the molecule is O=C(N[C@H]1CCOC1)c1ccc(OCCCCC2CCN(C(=O)[C@](O)(c3ccccc3)C(F)(F)F)CC2)cc1Cl. The van der Waals surface area contributed by atoms with Crippen LogP contribution in [0, 0.1) is 5.92 Å². The minimum Gasteiger partial charge on any atom is -0.494 e. The molecule has 2 aliphatic rings. The molecule has 2 aliphatic heterocycles. The monoisotopic (exact) mass is 582 g/mol. The zero-order chi connectivity index (χ0) is 28.8. The van der Waals surface area contributed by atoms with E-state index in [9.17, 15) is 27.9 Å². The molecule has 2 fully saturated rings. The maximum absolute atomic E-state index is 13.8. The predicted molar refractivity (Wildman–Crippen MR) is 143 cm³/mol. The normalized spacial score (nSPS) is 19.7. The highest BCUT2D eigenvalue weighted by atomic mass is 35.5. The smallest absolute Gasteiger partial charge is 0.430 e. The molecule has 4 rings (SSSR count). The number of rotatable bonds is 10. The first-order valence-corrected chi connectivity index (χ1v) is 13.9. The number of hydrogen-bond acceptors (Lipinski definition) is 5. The number of amides is 2. The number of benzene rings is 2. The first-order valence-electron chi connectivity index (χ1n) is 13.5. The number of alkyl halides is 3. The second kappa shape index (κ2) is 13.2. The van der Waals surface area contributed by atoms with Crippen LogP contribution >= 0.6 is 11.6 Å². The van der Waals surface area contributed by atoms with Crippen LogP contribution < -0.4 is 10.1 Å². The number of carbonyl (C=O) groups excluding carboxylic acids is 2. The summed E-state index contributed by atoms with van der Waals surface area (Å²) in [5, 5.41) is 13.8.